The van der Waals surface area contributed by atoms with Crippen LogP contribution in [0.1, 0.15) is 46.1 Å². The maximum Gasteiger partial charge on any atom is 0.227 e. The number of halogens is 1. The fourth-order valence-electron chi connectivity index (χ4n) is 2.10. The van der Waals surface area contributed by atoms with Gasteiger partial charge in [-0.05, 0) is 50.8 Å². The monoisotopic (exact) mass is 325 g/mol. The predicted octanol–water partition coefficient (Wildman–Crippen LogP) is 4.78. The van der Waals surface area contributed by atoms with Gasteiger partial charge >= 0.3 is 0 Å². The van der Waals surface area contributed by atoms with Gasteiger partial charge < -0.3 is 5.32 Å². The molecule has 0 aliphatic rings. The predicted molar refractivity (Wildman–Crippen MR) is 85.9 cm³/mol. The molecule has 0 spiro atoms. The molecular weight excluding hydrogens is 302 g/mol. The lowest BCUT2D eigenvalue weighted by molar-refractivity contribution is -0.120. The van der Waals surface area contributed by atoms with Crippen LogP contribution in [0, 0.1) is 5.92 Å². The summed E-state index contributed by atoms with van der Waals surface area (Å²) in [4.78, 5) is 12.0. The molecule has 0 atom stereocenters. The second kappa shape index (κ2) is 7.09. The molecule has 0 fully saturated rings. The minimum atomic E-state index is 0.104. The van der Waals surface area contributed by atoms with Crippen molar-refractivity contribution in [3.05, 3.63) is 29.8 Å². The number of hydrogen-bond acceptors (Lipinski definition) is 1. The third kappa shape index (κ3) is 5.77. The van der Waals surface area contributed by atoms with Crippen LogP contribution >= 0.6 is 15.9 Å². The van der Waals surface area contributed by atoms with Gasteiger partial charge in [-0.1, -0.05) is 41.9 Å². The van der Waals surface area contributed by atoms with E-state index in [1.54, 1.807) is 0 Å². The van der Waals surface area contributed by atoms with Crippen molar-refractivity contribution in [1.29, 1.82) is 0 Å². The lowest BCUT2D eigenvalue weighted by atomic mass is 10.0. The van der Waals surface area contributed by atoms with E-state index in [4.69, 9.17) is 0 Å². The average molecular weight is 326 g/mol. The van der Waals surface area contributed by atoms with E-state index in [-0.39, 0.29) is 16.1 Å². The lowest BCUT2D eigenvalue weighted by Gasteiger charge is -2.16. The van der Waals surface area contributed by atoms with Crippen molar-refractivity contribution in [3.63, 3.8) is 0 Å². The van der Waals surface area contributed by atoms with Gasteiger partial charge in [-0.15, -0.1) is 0 Å². The Hall–Kier alpha value is -0.830. The largest absolute Gasteiger partial charge is 0.326 e. The summed E-state index contributed by atoms with van der Waals surface area (Å²) < 4.78 is 0.104. The molecule has 0 heterocycles. The Labute approximate surface area is 125 Å². The molecule has 0 saturated carbocycles. The molecular formula is C16H24BrNO. The van der Waals surface area contributed by atoms with E-state index in [9.17, 15) is 4.79 Å². The molecule has 0 bridgehead atoms. The van der Waals surface area contributed by atoms with Gasteiger partial charge in [-0.3, -0.25) is 4.79 Å². The zero-order valence-corrected chi connectivity index (χ0v) is 13.9. The number of anilines is 1. The first-order valence-electron chi connectivity index (χ1n) is 6.94. The Balaban J connectivity index is 2.64. The molecule has 1 aromatic carbocycles. The van der Waals surface area contributed by atoms with Crippen LogP contribution in [-0.2, 0) is 11.2 Å². The highest BCUT2D eigenvalue weighted by atomic mass is 79.9. The summed E-state index contributed by atoms with van der Waals surface area (Å²) in [6, 6.07) is 8.11. The molecule has 0 unspecified atom stereocenters. The molecule has 0 aliphatic carbocycles. The number of alkyl halides is 1. The van der Waals surface area contributed by atoms with Crippen LogP contribution in [0.3, 0.4) is 0 Å². The molecule has 1 amide bonds. The number of hydrogen-bond donors (Lipinski definition) is 1. The molecule has 0 saturated heterocycles. The summed E-state index contributed by atoms with van der Waals surface area (Å²) in [5, 5.41) is 2.98. The van der Waals surface area contributed by atoms with Crippen LogP contribution < -0.4 is 5.32 Å². The second-order valence-corrected chi connectivity index (χ2v) is 7.74. The normalized spacial score (nSPS) is 11.7. The van der Waals surface area contributed by atoms with Crippen LogP contribution in [0.2, 0.25) is 0 Å². The average Bonchev–Trinajstić information content (AvgIpc) is 2.31. The lowest BCUT2D eigenvalue weighted by Crippen LogP contribution is -2.21. The Bertz CT molecular complexity index is 402. The van der Waals surface area contributed by atoms with Gasteiger partial charge in [0, 0.05) is 15.9 Å². The van der Waals surface area contributed by atoms with E-state index in [2.05, 4.69) is 61.1 Å². The highest BCUT2D eigenvalue weighted by molar-refractivity contribution is 9.10. The summed E-state index contributed by atoms with van der Waals surface area (Å²) in [6.07, 6.45) is 2.74. The maximum atomic E-state index is 12.0. The number of carbonyl (C=O) groups excluding carboxylic acids is 1. The highest BCUT2D eigenvalue weighted by Crippen LogP contribution is 2.23. The number of nitrogens with one attached hydrogen (secondary N) is 1. The van der Waals surface area contributed by atoms with Gasteiger partial charge in [-0.2, -0.15) is 0 Å². The van der Waals surface area contributed by atoms with Crippen molar-refractivity contribution in [2.24, 2.45) is 5.92 Å². The van der Waals surface area contributed by atoms with Crippen LogP contribution in [-0.4, -0.2) is 10.2 Å². The van der Waals surface area contributed by atoms with E-state index in [0.717, 1.165) is 24.9 Å². The molecule has 19 heavy (non-hydrogen) atoms. The fourth-order valence-corrected chi connectivity index (χ4v) is 2.42. The molecule has 0 radical (unpaired) electrons. The molecule has 1 aromatic rings. The number of carbonyl (C=O) groups is 1. The molecule has 106 valence electrons. The highest BCUT2D eigenvalue weighted by Gasteiger charge is 2.15. The Morgan fingerprint density at radius 2 is 1.74 bits per heavy atom. The summed E-state index contributed by atoms with van der Waals surface area (Å²) in [5.41, 5.74) is 2.15. The van der Waals surface area contributed by atoms with Crippen molar-refractivity contribution in [2.75, 3.05) is 5.32 Å². The molecule has 3 heteroatoms. The van der Waals surface area contributed by atoms with Crippen LogP contribution in [0.15, 0.2) is 24.3 Å². The zero-order valence-electron chi connectivity index (χ0n) is 12.3. The van der Waals surface area contributed by atoms with E-state index in [1.165, 1.54) is 5.56 Å². The second-order valence-electron chi connectivity index (χ2n) is 5.60. The Morgan fingerprint density at radius 1 is 1.21 bits per heavy atom. The van der Waals surface area contributed by atoms with Gasteiger partial charge in [0.25, 0.3) is 0 Å². The first-order valence-corrected chi connectivity index (χ1v) is 7.73. The van der Waals surface area contributed by atoms with Gasteiger partial charge in [0.15, 0.2) is 0 Å². The van der Waals surface area contributed by atoms with E-state index in [1.807, 2.05) is 12.1 Å². The first kappa shape index (κ1) is 16.2. The Morgan fingerprint density at radius 3 is 2.16 bits per heavy atom. The van der Waals surface area contributed by atoms with Gasteiger partial charge in [-0.25, -0.2) is 0 Å². The SMILES string of the molecule is CCC(CC)C(=O)Nc1ccc(CC(C)(C)Br)cc1. The van der Waals surface area contributed by atoms with Gasteiger partial charge in [0.2, 0.25) is 5.91 Å². The van der Waals surface area contributed by atoms with Crippen LogP contribution in [0.25, 0.3) is 0 Å². The zero-order chi connectivity index (χ0) is 14.5. The first-order chi connectivity index (χ1) is 8.85. The van der Waals surface area contributed by atoms with Crippen molar-refractivity contribution in [2.45, 2.75) is 51.3 Å². The van der Waals surface area contributed by atoms with Crippen molar-refractivity contribution >= 4 is 27.5 Å². The van der Waals surface area contributed by atoms with Gasteiger partial charge in [0.1, 0.15) is 0 Å². The number of benzene rings is 1. The quantitative estimate of drug-likeness (QED) is 0.749. The number of rotatable bonds is 6. The van der Waals surface area contributed by atoms with Crippen molar-refractivity contribution in [3.8, 4) is 0 Å². The van der Waals surface area contributed by atoms with Crippen LogP contribution in [0.5, 0.6) is 0 Å². The third-order valence-electron chi connectivity index (χ3n) is 3.20. The standard InChI is InChI=1S/C16H24BrNO/c1-5-13(6-2)15(19)18-14-9-7-12(8-10-14)11-16(3,4)17/h7-10,13H,5-6,11H2,1-4H3,(H,18,19). The summed E-state index contributed by atoms with van der Waals surface area (Å²) in [6.45, 7) is 8.40. The minimum absolute atomic E-state index is 0.104. The summed E-state index contributed by atoms with van der Waals surface area (Å²) >= 11 is 3.64. The topological polar surface area (TPSA) is 29.1 Å². The maximum absolute atomic E-state index is 12.0. The third-order valence-corrected chi connectivity index (χ3v) is 3.48. The Kier molecular flexibility index (Phi) is 6.05. The molecule has 0 aliphatic heterocycles. The van der Waals surface area contributed by atoms with E-state index >= 15 is 0 Å². The fraction of sp³-hybridized carbons (Fsp3) is 0.562. The smallest absolute Gasteiger partial charge is 0.227 e. The molecule has 1 rings (SSSR count). The molecule has 2 nitrogen and oxygen atoms in total. The van der Waals surface area contributed by atoms with Crippen LogP contribution in [0.4, 0.5) is 5.69 Å². The van der Waals surface area contributed by atoms with E-state index in [0.29, 0.717) is 0 Å². The van der Waals surface area contributed by atoms with Crippen molar-refractivity contribution in [1.82, 2.24) is 0 Å². The number of amides is 1. The van der Waals surface area contributed by atoms with E-state index < -0.39 is 0 Å². The summed E-state index contributed by atoms with van der Waals surface area (Å²) in [5.74, 6) is 0.236. The molecule has 0 aromatic heterocycles. The molecule has 1 N–H and O–H groups in total. The van der Waals surface area contributed by atoms with Crippen molar-refractivity contribution < 1.29 is 4.79 Å². The van der Waals surface area contributed by atoms with Gasteiger partial charge in [0.05, 0.1) is 0 Å². The minimum Gasteiger partial charge on any atom is -0.326 e. The summed E-state index contributed by atoms with van der Waals surface area (Å²) in [7, 11) is 0.